The lowest BCUT2D eigenvalue weighted by Crippen LogP contribution is -2.07. The van der Waals surface area contributed by atoms with Gasteiger partial charge in [0.25, 0.3) is 0 Å². The predicted molar refractivity (Wildman–Crippen MR) is 51.7 cm³/mol. The molecule has 0 heterocycles. The Morgan fingerprint density at radius 3 is 2.64 bits per heavy atom. The summed E-state index contributed by atoms with van der Waals surface area (Å²) in [7, 11) is 0. The SMILES string of the molecule is C[C@@H](N)c1cc(I)ccc1F. The van der Waals surface area contributed by atoms with Gasteiger partial charge in [0.15, 0.2) is 0 Å². The van der Waals surface area contributed by atoms with Crippen molar-refractivity contribution in [1.82, 2.24) is 0 Å². The molecule has 1 atom stereocenters. The summed E-state index contributed by atoms with van der Waals surface area (Å²) in [6.45, 7) is 1.77. The second-order valence-corrected chi connectivity index (χ2v) is 3.70. The van der Waals surface area contributed by atoms with Crippen LogP contribution in [0.4, 0.5) is 4.39 Å². The highest BCUT2D eigenvalue weighted by molar-refractivity contribution is 14.1. The van der Waals surface area contributed by atoms with Gasteiger partial charge in [0.2, 0.25) is 0 Å². The fourth-order valence-electron chi connectivity index (χ4n) is 0.864. The minimum Gasteiger partial charge on any atom is -0.324 e. The van der Waals surface area contributed by atoms with E-state index < -0.39 is 0 Å². The van der Waals surface area contributed by atoms with Crippen LogP contribution in [-0.4, -0.2) is 0 Å². The van der Waals surface area contributed by atoms with E-state index in [0.717, 1.165) is 3.57 Å². The molecular weight excluding hydrogens is 256 g/mol. The molecule has 1 nitrogen and oxygen atoms in total. The van der Waals surface area contributed by atoms with Crippen molar-refractivity contribution >= 4 is 22.6 Å². The van der Waals surface area contributed by atoms with Gasteiger partial charge < -0.3 is 5.73 Å². The zero-order valence-electron chi connectivity index (χ0n) is 6.14. The van der Waals surface area contributed by atoms with Crippen molar-refractivity contribution < 1.29 is 4.39 Å². The molecule has 1 aromatic rings. The Morgan fingerprint density at radius 1 is 1.55 bits per heavy atom. The summed E-state index contributed by atoms with van der Waals surface area (Å²) in [4.78, 5) is 0. The summed E-state index contributed by atoms with van der Waals surface area (Å²) in [5, 5.41) is 0. The van der Waals surface area contributed by atoms with Gasteiger partial charge >= 0.3 is 0 Å². The van der Waals surface area contributed by atoms with Gasteiger partial charge in [0, 0.05) is 15.2 Å². The van der Waals surface area contributed by atoms with E-state index in [1.807, 2.05) is 0 Å². The summed E-state index contributed by atoms with van der Waals surface area (Å²) >= 11 is 2.13. The van der Waals surface area contributed by atoms with Gasteiger partial charge in [-0.15, -0.1) is 0 Å². The highest BCUT2D eigenvalue weighted by Crippen LogP contribution is 2.17. The molecule has 0 unspecified atom stereocenters. The highest BCUT2D eigenvalue weighted by atomic mass is 127. The maximum Gasteiger partial charge on any atom is 0.128 e. The van der Waals surface area contributed by atoms with E-state index in [2.05, 4.69) is 22.6 Å². The summed E-state index contributed by atoms with van der Waals surface area (Å²) in [6.07, 6.45) is 0. The van der Waals surface area contributed by atoms with E-state index in [9.17, 15) is 4.39 Å². The van der Waals surface area contributed by atoms with Crippen LogP contribution in [0.3, 0.4) is 0 Å². The van der Waals surface area contributed by atoms with Gasteiger partial charge in [0.1, 0.15) is 5.82 Å². The number of rotatable bonds is 1. The van der Waals surface area contributed by atoms with Crippen molar-refractivity contribution in [2.24, 2.45) is 5.73 Å². The van der Waals surface area contributed by atoms with E-state index in [1.165, 1.54) is 6.07 Å². The monoisotopic (exact) mass is 265 g/mol. The van der Waals surface area contributed by atoms with Crippen molar-refractivity contribution in [3.8, 4) is 0 Å². The number of halogens is 2. The minimum atomic E-state index is -0.232. The molecule has 0 aliphatic heterocycles. The van der Waals surface area contributed by atoms with Gasteiger partial charge in [-0.1, -0.05) is 0 Å². The largest absolute Gasteiger partial charge is 0.324 e. The van der Waals surface area contributed by atoms with Crippen molar-refractivity contribution in [2.75, 3.05) is 0 Å². The van der Waals surface area contributed by atoms with Crippen LogP contribution < -0.4 is 5.73 Å². The molecule has 1 rings (SSSR count). The third-order valence-corrected chi connectivity index (χ3v) is 2.12. The molecule has 2 N–H and O–H groups in total. The molecule has 0 amide bonds. The summed E-state index contributed by atoms with van der Waals surface area (Å²) in [5.74, 6) is -0.222. The van der Waals surface area contributed by atoms with E-state index in [4.69, 9.17) is 5.73 Å². The molecule has 11 heavy (non-hydrogen) atoms. The third kappa shape index (κ3) is 2.13. The van der Waals surface area contributed by atoms with Gasteiger partial charge in [-0.3, -0.25) is 0 Å². The molecule has 0 fully saturated rings. The second-order valence-electron chi connectivity index (χ2n) is 2.45. The Labute approximate surface area is 78.9 Å². The molecule has 0 aliphatic rings. The fraction of sp³-hybridized carbons (Fsp3) is 0.250. The smallest absolute Gasteiger partial charge is 0.128 e. The lowest BCUT2D eigenvalue weighted by atomic mass is 10.1. The van der Waals surface area contributed by atoms with E-state index in [1.54, 1.807) is 19.1 Å². The van der Waals surface area contributed by atoms with Gasteiger partial charge in [-0.2, -0.15) is 0 Å². The van der Waals surface area contributed by atoms with E-state index >= 15 is 0 Å². The first-order chi connectivity index (χ1) is 5.11. The lowest BCUT2D eigenvalue weighted by Gasteiger charge is -2.06. The molecular formula is C8H9FIN. The number of nitrogens with two attached hydrogens (primary N) is 1. The highest BCUT2D eigenvalue weighted by Gasteiger charge is 2.05. The Balaban J connectivity index is 3.13. The molecule has 0 aromatic heterocycles. The van der Waals surface area contributed by atoms with Crippen LogP contribution in [-0.2, 0) is 0 Å². The number of hydrogen-bond acceptors (Lipinski definition) is 1. The Bertz CT molecular complexity index is 260. The van der Waals surface area contributed by atoms with E-state index in [0.29, 0.717) is 5.56 Å². The molecule has 0 saturated carbocycles. The second kappa shape index (κ2) is 3.49. The van der Waals surface area contributed by atoms with Crippen LogP contribution >= 0.6 is 22.6 Å². The topological polar surface area (TPSA) is 26.0 Å². The van der Waals surface area contributed by atoms with Gasteiger partial charge in [0.05, 0.1) is 0 Å². The maximum atomic E-state index is 12.9. The van der Waals surface area contributed by atoms with Crippen LogP contribution in [0.25, 0.3) is 0 Å². The first-order valence-corrected chi connectivity index (χ1v) is 4.39. The van der Waals surface area contributed by atoms with Crippen molar-refractivity contribution in [3.05, 3.63) is 33.1 Å². The van der Waals surface area contributed by atoms with Crippen LogP contribution in [0.5, 0.6) is 0 Å². The lowest BCUT2D eigenvalue weighted by molar-refractivity contribution is 0.593. The summed E-state index contributed by atoms with van der Waals surface area (Å²) in [6, 6.07) is 4.70. The van der Waals surface area contributed by atoms with Crippen LogP contribution in [0, 0.1) is 9.39 Å². The molecule has 1 aromatic carbocycles. The number of benzene rings is 1. The average Bonchev–Trinajstić information content (AvgIpc) is 1.94. The van der Waals surface area contributed by atoms with Crippen molar-refractivity contribution in [1.29, 1.82) is 0 Å². The molecule has 0 saturated heterocycles. The van der Waals surface area contributed by atoms with Crippen molar-refractivity contribution in [3.63, 3.8) is 0 Å². The zero-order valence-corrected chi connectivity index (χ0v) is 8.30. The summed E-state index contributed by atoms with van der Waals surface area (Å²) < 4.78 is 13.9. The van der Waals surface area contributed by atoms with Crippen LogP contribution in [0.15, 0.2) is 18.2 Å². The predicted octanol–water partition coefficient (Wildman–Crippen LogP) is 2.45. The maximum absolute atomic E-state index is 12.9. The minimum absolute atomic E-state index is 0.222. The molecule has 60 valence electrons. The van der Waals surface area contributed by atoms with Gasteiger partial charge in [-0.25, -0.2) is 4.39 Å². The fourth-order valence-corrected chi connectivity index (χ4v) is 1.38. The molecule has 3 heteroatoms. The zero-order chi connectivity index (χ0) is 8.43. The Kier molecular flexibility index (Phi) is 2.84. The molecule has 0 radical (unpaired) electrons. The Hall–Kier alpha value is -0.160. The normalized spacial score (nSPS) is 13.1. The molecule has 0 spiro atoms. The molecule has 0 bridgehead atoms. The van der Waals surface area contributed by atoms with Gasteiger partial charge in [-0.05, 0) is 47.7 Å². The standard InChI is InChI=1S/C8H9FIN/c1-5(11)7-4-6(10)2-3-8(7)9/h2-5H,11H2,1H3/t5-/m1/s1. The van der Waals surface area contributed by atoms with Crippen LogP contribution in [0.2, 0.25) is 0 Å². The first-order valence-electron chi connectivity index (χ1n) is 3.32. The average molecular weight is 265 g/mol. The van der Waals surface area contributed by atoms with Crippen LogP contribution in [0.1, 0.15) is 18.5 Å². The first kappa shape index (κ1) is 8.93. The van der Waals surface area contributed by atoms with Crippen molar-refractivity contribution in [2.45, 2.75) is 13.0 Å². The number of hydrogen-bond donors (Lipinski definition) is 1. The Morgan fingerprint density at radius 2 is 2.18 bits per heavy atom. The summed E-state index contributed by atoms with van der Waals surface area (Å²) in [5.41, 5.74) is 6.12. The third-order valence-electron chi connectivity index (χ3n) is 1.45. The quantitative estimate of drug-likeness (QED) is 0.775. The van der Waals surface area contributed by atoms with E-state index in [-0.39, 0.29) is 11.9 Å². The molecule has 0 aliphatic carbocycles.